The van der Waals surface area contributed by atoms with Gasteiger partial charge < -0.3 is 15.7 Å². The molecule has 0 spiro atoms. The summed E-state index contributed by atoms with van der Waals surface area (Å²) in [7, 11) is 0. The Morgan fingerprint density at radius 3 is 2.67 bits per heavy atom. The van der Waals surface area contributed by atoms with Crippen molar-refractivity contribution in [3.8, 4) is 0 Å². The summed E-state index contributed by atoms with van der Waals surface area (Å²) in [5, 5.41) is 20.2. The molecule has 1 aliphatic carbocycles. The first-order chi connectivity index (χ1) is 10.1. The van der Waals surface area contributed by atoms with Gasteiger partial charge in [0.15, 0.2) is 0 Å². The molecule has 0 saturated heterocycles. The number of benzene rings is 1. The Morgan fingerprint density at radius 1 is 1.29 bits per heavy atom. The molecule has 2 amide bonds. The van der Waals surface area contributed by atoms with Gasteiger partial charge >= 0.3 is 6.09 Å². The fourth-order valence-electron chi connectivity index (χ4n) is 2.29. The highest BCUT2D eigenvalue weighted by Crippen LogP contribution is 2.40. The molecule has 2 atom stereocenters. The Hall–Kier alpha value is -2.83. The van der Waals surface area contributed by atoms with Gasteiger partial charge in [-0.25, -0.2) is 4.79 Å². The highest BCUT2D eigenvalue weighted by molar-refractivity contribution is 6.04. The second-order valence-corrected chi connectivity index (χ2v) is 4.96. The van der Waals surface area contributed by atoms with Gasteiger partial charge in [-0.15, -0.1) is 0 Å². The number of carboxylic acid groups (broad SMARTS) is 1. The van der Waals surface area contributed by atoms with Gasteiger partial charge in [-0.3, -0.25) is 9.89 Å². The molecule has 0 unspecified atom stereocenters. The number of carbonyl (C=O) groups is 2. The molecule has 4 N–H and O–H groups in total. The topological polar surface area (TPSA) is 107 Å². The summed E-state index contributed by atoms with van der Waals surface area (Å²) in [5.41, 5.74) is 2.19. The fourth-order valence-corrected chi connectivity index (χ4v) is 2.29. The van der Waals surface area contributed by atoms with Gasteiger partial charge in [0.25, 0.3) is 5.91 Å². The molecule has 1 heterocycles. The highest BCUT2D eigenvalue weighted by Gasteiger charge is 2.39. The maximum Gasteiger partial charge on any atom is 0.404 e. The first kappa shape index (κ1) is 13.2. The van der Waals surface area contributed by atoms with E-state index >= 15 is 0 Å². The van der Waals surface area contributed by atoms with Crippen molar-refractivity contribution in [2.75, 3.05) is 5.32 Å². The average Bonchev–Trinajstić information content (AvgIpc) is 3.01. The van der Waals surface area contributed by atoms with Crippen LogP contribution in [0.2, 0.25) is 0 Å². The van der Waals surface area contributed by atoms with Gasteiger partial charge in [-0.05, 0) is 24.1 Å². The molecule has 0 aliphatic heterocycles. The Kier molecular flexibility index (Phi) is 3.31. The first-order valence-electron chi connectivity index (χ1n) is 6.53. The van der Waals surface area contributed by atoms with Crippen LogP contribution in [-0.2, 0) is 0 Å². The quantitative estimate of drug-likeness (QED) is 0.687. The summed E-state index contributed by atoms with van der Waals surface area (Å²) in [6, 6.07) is 7.17. The number of nitrogens with one attached hydrogen (secondary N) is 3. The van der Waals surface area contributed by atoms with E-state index < -0.39 is 6.09 Å². The molecular weight excluding hydrogens is 272 g/mol. The zero-order valence-electron chi connectivity index (χ0n) is 11.0. The maximum atomic E-state index is 12.0. The Balaban J connectivity index is 1.62. The van der Waals surface area contributed by atoms with Crippen molar-refractivity contribution in [1.29, 1.82) is 0 Å². The van der Waals surface area contributed by atoms with Gasteiger partial charge in [0, 0.05) is 23.7 Å². The third-order valence-corrected chi connectivity index (χ3v) is 3.46. The molecule has 1 aromatic heterocycles. The summed E-state index contributed by atoms with van der Waals surface area (Å²) in [4.78, 5) is 22.5. The number of aromatic nitrogens is 2. The third kappa shape index (κ3) is 3.02. The summed E-state index contributed by atoms with van der Waals surface area (Å²) in [5.74, 6) is -0.00829. The Morgan fingerprint density at radius 2 is 2.05 bits per heavy atom. The van der Waals surface area contributed by atoms with Crippen LogP contribution in [-0.4, -0.2) is 33.3 Å². The lowest BCUT2D eigenvalue weighted by Gasteiger charge is -2.04. The molecule has 7 nitrogen and oxygen atoms in total. The number of hydrogen-bond acceptors (Lipinski definition) is 3. The van der Waals surface area contributed by atoms with E-state index in [1.807, 2.05) is 12.1 Å². The number of H-pyrrole nitrogens is 1. The normalized spacial score (nSPS) is 19.8. The van der Waals surface area contributed by atoms with E-state index in [1.165, 1.54) is 6.20 Å². The number of rotatable bonds is 4. The average molecular weight is 286 g/mol. The van der Waals surface area contributed by atoms with Crippen LogP contribution in [0.15, 0.2) is 36.7 Å². The number of hydrogen-bond donors (Lipinski definition) is 4. The van der Waals surface area contributed by atoms with Crippen molar-refractivity contribution in [2.45, 2.75) is 18.4 Å². The van der Waals surface area contributed by atoms with Gasteiger partial charge in [0.2, 0.25) is 0 Å². The molecule has 1 saturated carbocycles. The smallest absolute Gasteiger partial charge is 0.404 e. The van der Waals surface area contributed by atoms with Crippen molar-refractivity contribution in [3.63, 3.8) is 0 Å². The van der Waals surface area contributed by atoms with E-state index in [1.54, 1.807) is 18.3 Å². The standard InChI is InChI=1S/C14H14N4O3/c19-13(17-10-6-15-16-7-10)9-3-1-8(2-4-9)11-5-12(11)18-14(20)21/h1-4,6-7,11-12,18H,5H2,(H,15,16)(H,17,19)(H,20,21)/t11-,12+/m0/s1. The minimum absolute atomic E-state index is 0.0203. The summed E-state index contributed by atoms with van der Waals surface area (Å²) in [6.07, 6.45) is 2.92. The van der Waals surface area contributed by atoms with E-state index in [0.29, 0.717) is 11.3 Å². The van der Waals surface area contributed by atoms with Crippen LogP contribution in [0.4, 0.5) is 10.5 Å². The Labute approximate surface area is 120 Å². The largest absolute Gasteiger partial charge is 0.465 e. The van der Waals surface area contributed by atoms with Crippen molar-refractivity contribution >= 4 is 17.7 Å². The minimum Gasteiger partial charge on any atom is -0.465 e. The van der Waals surface area contributed by atoms with E-state index in [2.05, 4.69) is 20.8 Å². The molecular formula is C14H14N4O3. The monoisotopic (exact) mass is 286 g/mol. The van der Waals surface area contributed by atoms with Crippen molar-refractivity contribution < 1.29 is 14.7 Å². The van der Waals surface area contributed by atoms with Gasteiger partial charge in [0.05, 0.1) is 11.9 Å². The molecule has 1 aliphatic rings. The molecule has 2 aromatic rings. The molecule has 3 rings (SSSR count). The van der Waals surface area contributed by atoms with Crippen molar-refractivity contribution in [2.24, 2.45) is 0 Å². The van der Waals surface area contributed by atoms with Gasteiger partial charge in [-0.1, -0.05) is 12.1 Å². The van der Waals surface area contributed by atoms with Crippen molar-refractivity contribution in [3.05, 3.63) is 47.8 Å². The van der Waals surface area contributed by atoms with Crippen LogP contribution < -0.4 is 10.6 Å². The van der Waals surface area contributed by atoms with Gasteiger partial charge in [0.1, 0.15) is 0 Å². The van der Waals surface area contributed by atoms with Crippen molar-refractivity contribution in [1.82, 2.24) is 15.5 Å². The summed E-state index contributed by atoms with van der Waals surface area (Å²) >= 11 is 0. The second-order valence-electron chi connectivity index (χ2n) is 4.96. The molecule has 7 heteroatoms. The predicted molar refractivity (Wildman–Crippen MR) is 75.3 cm³/mol. The Bertz CT molecular complexity index is 651. The number of nitrogens with zero attached hydrogens (tertiary/aromatic N) is 1. The lowest BCUT2D eigenvalue weighted by atomic mass is 10.1. The number of anilines is 1. The minimum atomic E-state index is -1.00. The van der Waals surface area contributed by atoms with E-state index in [9.17, 15) is 9.59 Å². The molecule has 0 bridgehead atoms. The lowest BCUT2D eigenvalue weighted by molar-refractivity contribution is 0.102. The predicted octanol–water partition coefficient (Wildman–Crippen LogP) is 1.79. The second kappa shape index (κ2) is 5.28. The maximum absolute atomic E-state index is 12.0. The molecule has 1 aromatic carbocycles. The highest BCUT2D eigenvalue weighted by atomic mass is 16.4. The zero-order valence-corrected chi connectivity index (χ0v) is 11.0. The van der Waals surface area contributed by atoms with E-state index in [-0.39, 0.29) is 17.9 Å². The number of aromatic amines is 1. The van der Waals surface area contributed by atoms with E-state index in [0.717, 1.165) is 12.0 Å². The van der Waals surface area contributed by atoms with E-state index in [4.69, 9.17) is 5.11 Å². The van der Waals surface area contributed by atoms with Crippen LogP contribution in [0.5, 0.6) is 0 Å². The fraction of sp³-hybridized carbons (Fsp3) is 0.214. The van der Waals surface area contributed by atoms with Crippen LogP contribution >= 0.6 is 0 Å². The first-order valence-corrected chi connectivity index (χ1v) is 6.53. The van der Waals surface area contributed by atoms with Gasteiger partial charge in [-0.2, -0.15) is 5.10 Å². The summed E-state index contributed by atoms with van der Waals surface area (Å²) in [6.45, 7) is 0. The lowest BCUT2D eigenvalue weighted by Crippen LogP contribution is -2.24. The van der Waals surface area contributed by atoms with Crippen LogP contribution in [0.3, 0.4) is 0 Å². The molecule has 1 fully saturated rings. The number of amides is 2. The van der Waals surface area contributed by atoms with Crippen LogP contribution in [0, 0.1) is 0 Å². The van der Waals surface area contributed by atoms with Crippen LogP contribution in [0.25, 0.3) is 0 Å². The molecule has 108 valence electrons. The zero-order chi connectivity index (χ0) is 14.8. The number of carbonyl (C=O) groups excluding carboxylic acids is 1. The molecule has 0 radical (unpaired) electrons. The summed E-state index contributed by atoms with van der Waals surface area (Å²) < 4.78 is 0. The molecule has 21 heavy (non-hydrogen) atoms. The van der Waals surface area contributed by atoms with Crippen LogP contribution in [0.1, 0.15) is 28.3 Å². The SMILES string of the molecule is O=C(O)N[C@@H]1C[C@H]1c1ccc(C(=O)Nc2cn[nH]c2)cc1. The third-order valence-electron chi connectivity index (χ3n) is 3.46.